The first-order valence-electron chi connectivity index (χ1n) is 3.63. The van der Waals surface area contributed by atoms with Crippen molar-refractivity contribution in [1.29, 1.82) is 0 Å². The summed E-state index contributed by atoms with van der Waals surface area (Å²) < 4.78 is 5.26. The Hall–Kier alpha value is -0.940. The van der Waals surface area contributed by atoms with Crippen LogP contribution in [-0.2, 0) is 4.74 Å². The van der Waals surface area contributed by atoms with Crippen LogP contribution < -0.4 is 5.32 Å². The third-order valence-electron chi connectivity index (χ3n) is 1.71. The van der Waals surface area contributed by atoms with Gasteiger partial charge in [0, 0.05) is 6.54 Å². The van der Waals surface area contributed by atoms with Gasteiger partial charge in [0.2, 0.25) is 0 Å². The minimum absolute atomic E-state index is 0.211. The molecular formula is C6H10N4O. The van der Waals surface area contributed by atoms with Crippen molar-refractivity contribution in [2.24, 2.45) is 0 Å². The number of nitrogens with one attached hydrogen (secondary N) is 2. The molecule has 0 radical (unpaired) electrons. The Morgan fingerprint density at radius 3 is 3.27 bits per heavy atom. The van der Waals surface area contributed by atoms with E-state index in [2.05, 4.69) is 20.7 Å². The SMILES string of the molecule is c1n[nH]nc1C1COCCN1. The van der Waals surface area contributed by atoms with Gasteiger partial charge < -0.3 is 10.1 Å². The minimum atomic E-state index is 0.211. The quantitative estimate of drug-likeness (QED) is 0.570. The fraction of sp³-hybridized carbons (Fsp3) is 0.667. The molecule has 0 saturated carbocycles. The number of nitrogens with zero attached hydrogens (tertiary/aromatic N) is 2. The molecule has 60 valence electrons. The molecule has 1 aliphatic rings. The van der Waals surface area contributed by atoms with E-state index in [4.69, 9.17) is 4.74 Å². The molecule has 1 aliphatic heterocycles. The highest BCUT2D eigenvalue weighted by atomic mass is 16.5. The van der Waals surface area contributed by atoms with Gasteiger partial charge in [0.25, 0.3) is 0 Å². The monoisotopic (exact) mass is 154 g/mol. The van der Waals surface area contributed by atoms with Crippen molar-refractivity contribution in [3.63, 3.8) is 0 Å². The molecule has 1 saturated heterocycles. The van der Waals surface area contributed by atoms with Gasteiger partial charge in [-0.15, -0.1) is 0 Å². The molecule has 0 bridgehead atoms. The summed E-state index contributed by atoms with van der Waals surface area (Å²) in [6.07, 6.45) is 1.71. The van der Waals surface area contributed by atoms with Crippen molar-refractivity contribution < 1.29 is 4.74 Å². The van der Waals surface area contributed by atoms with Crippen molar-refractivity contribution in [3.8, 4) is 0 Å². The van der Waals surface area contributed by atoms with E-state index in [9.17, 15) is 0 Å². The Bertz CT molecular complexity index is 204. The number of aromatic amines is 1. The lowest BCUT2D eigenvalue weighted by atomic mass is 10.2. The summed E-state index contributed by atoms with van der Waals surface area (Å²) in [5.74, 6) is 0. The molecule has 0 aromatic carbocycles. The molecule has 5 heteroatoms. The highest BCUT2D eigenvalue weighted by molar-refractivity contribution is 5.00. The number of aromatic nitrogens is 3. The van der Waals surface area contributed by atoms with Crippen LogP contribution in [0.15, 0.2) is 6.20 Å². The molecule has 5 nitrogen and oxygen atoms in total. The first-order valence-corrected chi connectivity index (χ1v) is 3.63. The predicted octanol–water partition coefficient (Wildman–Crippen LogP) is -0.534. The number of morpholine rings is 1. The summed E-state index contributed by atoms with van der Waals surface area (Å²) in [5, 5.41) is 13.5. The van der Waals surface area contributed by atoms with E-state index < -0.39 is 0 Å². The van der Waals surface area contributed by atoms with Crippen LogP contribution in [-0.4, -0.2) is 35.2 Å². The van der Waals surface area contributed by atoms with Crippen molar-refractivity contribution in [2.75, 3.05) is 19.8 Å². The third kappa shape index (κ3) is 1.38. The van der Waals surface area contributed by atoms with Crippen LogP contribution in [0.1, 0.15) is 11.7 Å². The van der Waals surface area contributed by atoms with Crippen LogP contribution in [0.4, 0.5) is 0 Å². The van der Waals surface area contributed by atoms with Crippen molar-refractivity contribution >= 4 is 0 Å². The van der Waals surface area contributed by atoms with Gasteiger partial charge in [-0.1, -0.05) is 0 Å². The van der Waals surface area contributed by atoms with E-state index in [0.29, 0.717) is 6.61 Å². The average Bonchev–Trinajstić information content (AvgIpc) is 2.58. The molecular weight excluding hydrogens is 144 g/mol. The van der Waals surface area contributed by atoms with Gasteiger partial charge in [-0.05, 0) is 0 Å². The van der Waals surface area contributed by atoms with E-state index >= 15 is 0 Å². The number of H-pyrrole nitrogens is 1. The molecule has 11 heavy (non-hydrogen) atoms. The molecule has 1 aromatic rings. The van der Waals surface area contributed by atoms with Crippen molar-refractivity contribution in [3.05, 3.63) is 11.9 Å². The summed E-state index contributed by atoms with van der Waals surface area (Å²) in [7, 11) is 0. The first kappa shape index (κ1) is 6.75. The summed E-state index contributed by atoms with van der Waals surface area (Å²) in [5.41, 5.74) is 0.921. The largest absolute Gasteiger partial charge is 0.378 e. The zero-order valence-corrected chi connectivity index (χ0v) is 6.08. The molecule has 0 aliphatic carbocycles. The van der Waals surface area contributed by atoms with Gasteiger partial charge in [-0.3, -0.25) is 0 Å². The summed E-state index contributed by atoms with van der Waals surface area (Å²) in [4.78, 5) is 0. The fourth-order valence-electron chi connectivity index (χ4n) is 1.13. The molecule has 0 spiro atoms. The summed E-state index contributed by atoms with van der Waals surface area (Å²) >= 11 is 0. The van der Waals surface area contributed by atoms with Crippen LogP contribution in [0.25, 0.3) is 0 Å². The number of hydrogen-bond acceptors (Lipinski definition) is 4. The normalized spacial score (nSPS) is 25.3. The highest BCUT2D eigenvalue weighted by Gasteiger charge is 2.16. The van der Waals surface area contributed by atoms with Crippen LogP contribution in [0, 0.1) is 0 Å². The molecule has 1 aromatic heterocycles. The van der Waals surface area contributed by atoms with E-state index in [1.54, 1.807) is 6.20 Å². The Morgan fingerprint density at radius 1 is 1.64 bits per heavy atom. The van der Waals surface area contributed by atoms with Crippen LogP contribution in [0.3, 0.4) is 0 Å². The summed E-state index contributed by atoms with van der Waals surface area (Å²) in [6.45, 7) is 2.36. The van der Waals surface area contributed by atoms with Crippen LogP contribution in [0.5, 0.6) is 0 Å². The van der Waals surface area contributed by atoms with Gasteiger partial charge in [0.1, 0.15) is 5.69 Å². The van der Waals surface area contributed by atoms with Crippen LogP contribution >= 0.6 is 0 Å². The van der Waals surface area contributed by atoms with E-state index in [-0.39, 0.29) is 6.04 Å². The van der Waals surface area contributed by atoms with Crippen LogP contribution in [0.2, 0.25) is 0 Å². The maximum Gasteiger partial charge on any atom is 0.102 e. The molecule has 2 heterocycles. The topological polar surface area (TPSA) is 62.8 Å². The Morgan fingerprint density at radius 2 is 2.64 bits per heavy atom. The molecule has 1 unspecified atom stereocenters. The number of hydrogen-bond donors (Lipinski definition) is 2. The highest BCUT2D eigenvalue weighted by Crippen LogP contribution is 2.10. The lowest BCUT2D eigenvalue weighted by Gasteiger charge is -2.21. The lowest BCUT2D eigenvalue weighted by Crippen LogP contribution is -2.34. The van der Waals surface area contributed by atoms with E-state index in [1.807, 2.05) is 0 Å². The summed E-state index contributed by atoms with van der Waals surface area (Å²) in [6, 6.07) is 0.211. The second-order valence-electron chi connectivity index (χ2n) is 2.48. The number of rotatable bonds is 1. The second kappa shape index (κ2) is 2.98. The minimum Gasteiger partial charge on any atom is -0.378 e. The van der Waals surface area contributed by atoms with Crippen molar-refractivity contribution in [1.82, 2.24) is 20.7 Å². The standard InChI is InChI=1S/C6H10N4O/c1-2-11-4-6(7-1)5-3-8-10-9-5/h3,6-7H,1-2,4H2,(H,8,9,10). The van der Waals surface area contributed by atoms with E-state index in [0.717, 1.165) is 18.8 Å². The lowest BCUT2D eigenvalue weighted by molar-refractivity contribution is 0.0756. The van der Waals surface area contributed by atoms with Crippen molar-refractivity contribution in [2.45, 2.75) is 6.04 Å². The van der Waals surface area contributed by atoms with Gasteiger partial charge in [-0.25, -0.2) is 0 Å². The molecule has 0 amide bonds. The maximum absolute atomic E-state index is 5.26. The van der Waals surface area contributed by atoms with Gasteiger partial charge in [-0.2, -0.15) is 15.4 Å². The van der Waals surface area contributed by atoms with E-state index in [1.165, 1.54) is 0 Å². The van der Waals surface area contributed by atoms with Gasteiger partial charge >= 0.3 is 0 Å². The predicted molar refractivity (Wildman–Crippen MR) is 37.9 cm³/mol. The Labute approximate surface area is 64.1 Å². The molecule has 1 fully saturated rings. The maximum atomic E-state index is 5.26. The smallest absolute Gasteiger partial charge is 0.102 e. The molecule has 1 atom stereocenters. The fourth-order valence-corrected chi connectivity index (χ4v) is 1.13. The zero-order chi connectivity index (χ0) is 7.52. The third-order valence-corrected chi connectivity index (χ3v) is 1.71. The number of ether oxygens (including phenoxy) is 1. The first-order chi connectivity index (χ1) is 5.47. The molecule has 2 N–H and O–H groups in total. The Balaban J connectivity index is 2.04. The van der Waals surface area contributed by atoms with Gasteiger partial charge in [0.05, 0.1) is 25.5 Å². The zero-order valence-electron chi connectivity index (χ0n) is 6.08. The molecule has 2 rings (SSSR count). The Kier molecular flexibility index (Phi) is 1.83. The second-order valence-corrected chi connectivity index (χ2v) is 2.48. The van der Waals surface area contributed by atoms with Gasteiger partial charge in [0.15, 0.2) is 0 Å². The average molecular weight is 154 g/mol.